The SMILES string of the molecule is C=C(CCNC(=O)CO[C@H]1C[C@@H](OC(F)(F)F)C1)c1nnc(-c2ccc(C(F)(F)F)nc2)o1. The van der Waals surface area contributed by atoms with Gasteiger partial charge in [-0.3, -0.25) is 14.5 Å². The van der Waals surface area contributed by atoms with Gasteiger partial charge in [-0.15, -0.1) is 23.4 Å². The number of nitrogens with zero attached hydrogens (tertiary/aromatic N) is 3. The summed E-state index contributed by atoms with van der Waals surface area (Å²) >= 11 is 0. The minimum Gasteiger partial charge on any atom is -0.416 e. The number of ether oxygens (including phenoxy) is 2. The molecule has 3 rings (SSSR count). The second-order valence-corrected chi connectivity index (χ2v) is 7.14. The van der Waals surface area contributed by atoms with Crippen LogP contribution < -0.4 is 5.32 Å². The molecule has 8 nitrogen and oxygen atoms in total. The maximum Gasteiger partial charge on any atom is 0.522 e. The number of carbonyl (C=O) groups is 1. The Labute approximate surface area is 183 Å². The van der Waals surface area contributed by atoms with Crippen molar-refractivity contribution in [1.82, 2.24) is 20.5 Å². The molecule has 0 radical (unpaired) electrons. The number of rotatable bonds is 9. The number of hydrogen-bond acceptors (Lipinski definition) is 7. The molecule has 1 amide bonds. The molecule has 0 saturated heterocycles. The first-order valence-electron chi connectivity index (χ1n) is 9.59. The molecule has 2 aromatic rings. The largest absolute Gasteiger partial charge is 0.522 e. The lowest BCUT2D eigenvalue weighted by Crippen LogP contribution is -2.42. The molecule has 180 valence electrons. The Hall–Kier alpha value is -3.00. The molecule has 0 unspecified atom stereocenters. The van der Waals surface area contributed by atoms with E-state index in [4.69, 9.17) is 9.15 Å². The van der Waals surface area contributed by atoms with Crippen molar-refractivity contribution in [3.63, 3.8) is 0 Å². The molecule has 1 aliphatic carbocycles. The number of pyridine rings is 1. The summed E-state index contributed by atoms with van der Waals surface area (Å²) in [5, 5.41) is 10.1. The number of alkyl halides is 6. The van der Waals surface area contributed by atoms with Gasteiger partial charge in [0.15, 0.2) is 0 Å². The highest BCUT2D eigenvalue weighted by Gasteiger charge is 2.40. The molecule has 1 aliphatic rings. The average molecular weight is 480 g/mol. The summed E-state index contributed by atoms with van der Waals surface area (Å²) in [5.41, 5.74) is -0.485. The molecule has 0 aliphatic heterocycles. The molecule has 1 saturated carbocycles. The van der Waals surface area contributed by atoms with Crippen molar-refractivity contribution in [2.24, 2.45) is 0 Å². The Kier molecular flexibility index (Phi) is 7.37. The fourth-order valence-electron chi connectivity index (χ4n) is 2.81. The van der Waals surface area contributed by atoms with Crippen LogP contribution in [0.5, 0.6) is 0 Å². The maximum absolute atomic E-state index is 12.6. The van der Waals surface area contributed by atoms with E-state index in [2.05, 4.69) is 31.8 Å². The smallest absolute Gasteiger partial charge is 0.416 e. The first-order chi connectivity index (χ1) is 15.4. The van der Waals surface area contributed by atoms with Crippen LogP contribution in [0.15, 0.2) is 29.3 Å². The number of aromatic nitrogens is 3. The minimum atomic E-state index is -4.69. The lowest BCUT2D eigenvalue weighted by Gasteiger charge is -2.34. The van der Waals surface area contributed by atoms with E-state index in [0.29, 0.717) is 5.57 Å². The van der Waals surface area contributed by atoms with Crippen molar-refractivity contribution in [2.75, 3.05) is 13.2 Å². The van der Waals surface area contributed by atoms with Crippen molar-refractivity contribution in [1.29, 1.82) is 0 Å². The van der Waals surface area contributed by atoms with Crippen LogP contribution in [0.2, 0.25) is 0 Å². The van der Waals surface area contributed by atoms with Gasteiger partial charge in [0, 0.05) is 31.2 Å². The Morgan fingerprint density at radius 2 is 1.88 bits per heavy atom. The Morgan fingerprint density at radius 3 is 2.48 bits per heavy atom. The van der Waals surface area contributed by atoms with Crippen LogP contribution in [-0.2, 0) is 20.4 Å². The zero-order valence-corrected chi connectivity index (χ0v) is 16.9. The normalized spacial score (nSPS) is 18.6. The summed E-state index contributed by atoms with van der Waals surface area (Å²) in [7, 11) is 0. The Balaban J connectivity index is 1.37. The third kappa shape index (κ3) is 7.25. The van der Waals surface area contributed by atoms with Gasteiger partial charge in [-0.2, -0.15) is 13.2 Å². The summed E-state index contributed by atoms with van der Waals surface area (Å²) in [5.74, 6) is -0.469. The van der Waals surface area contributed by atoms with Crippen LogP contribution in [0.3, 0.4) is 0 Å². The van der Waals surface area contributed by atoms with Gasteiger partial charge in [0.2, 0.25) is 17.7 Å². The van der Waals surface area contributed by atoms with Gasteiger partial charge in [-0.25, -0.2) is 0 Å². The monoisotopic (exact) mass is 480 g/mol. The first kappa shape index (κ1) is 24.6. The topological polar surface area (TPSA) is 99.4 Å². The highest BCUT2D eigenvalue weighted by atomic mass is 19.4. The summed E-state index contributed by atoms with van der Waals surface area (Å²) in [4.78, 5) is 15.1. The molecular weight excluding hydrogens is 462 g/mol. The van der Waals surface area contributed by atoms with Crippen LogP contribution in [-0.4, -0.2) is 52.8 Å². The second-order valence-electron chi connectivity index (χ2n) is 7.14. The average Bonchev–Trinajstić information content (AvgIpc) is 3.18. The number of halogens is 6. The summed E-state index contributed by atoms with van der Waals surface area (Å²) in [6, 6.07) is 1.94. The van der Waals surface area contributed by atoms with E-state index < -0.39 is 36.3 Å². The predicted octanol–water partition coefficient (Wildman–Crippen LogP) is 3.75. The van der Waals surface area contributed by atoms with E-state index >= 15 is 0 Å². The molecule has 1 N–H and O–H groups in total. The molecule has 0 spiro atoms. The van der Waals surface area contributed by atoms with E-state index in [1.807, 2.05) is 0 Å². The molecule has 33 heavy (non-hydrogen) atoms. The van der Waals surface area contributed by atoms with Crippen molar-refractivity contribution < 1.29 is 45.0 Å². The van der Waals surface area contributed by atoms with Crippen molar-refractivity contribution in [3.05, 3.63) is 36.5 Å². The van der Waals surface area contributed by atoms with Gasteiger partial charge in [0.05, 0.1) is 17.8 Å². The summed E-state index contributed by atoms with van der Waals surface area (Å²) in [6.45, 7) is 3.59. The van der Waals surface area contributed by atoms with Crippen LogP contribution in [0, 0.1) is 0 Å². The fourth-order valence-corrected chi connectivity index (χ4v) is 2.81. The molecule has 2 aromatic heterocycles. The molecule has 14 heteroatoms. The van der Waals surface area contributed by atoms with Crippen LogP contribution >= 0.6 is 0 Å². The quantitative estimate of drug-likeness (QED) is 0.546. The molecule has 0 atom stereocenters. The van der Waals surface area contributed by atoms with Crippen molar-refractivity contribution >= 4 is 11.5 Å². The third-order valence-electron chi connectivity index (χ3n) is 4.58. The molecule has 0 aromatic carbocycles. The highest BCUT2D eigenvalue weighted by Crippen LogP contribution is 2.32. The van der Waals surface area contributed by atoms with E-state index in [1.165, 1.54) is 0 Å². The van der Waals surface area contributed by atoms with Crippen LogP contribution in [0.1, 0.15) is 30.8 Å². The molecule has 2 heterocycles. The van der Waals surface area contributed by atoms with Gasteiger partial charge >= 0.3 is 12.5 Å². The summed E-state index contributed by atoms with van der Waals surface area (Å²) in [6.07, 6.45) is -9.40. The second kappa shape index (κ2) is 9.87. The summed E-state index contributed by atoms with van der Waals surface area (Å²) < 4.78 is 88.3. The highest BCUT2D eigenvalue weighted by molar-refractivity contribution is 5.77. The molecular formula is C19H18F6N4O4. The van der Waals surface area contributed by atoms with Crippen LogP contribution in [0.4, 0.5) is 26.3 Å². The standard InChI is InChI=1S/C19H18F6N4O4/c1-10(4-5-26-15(30)9-31-12-6-13(7-12)33-19(23,24)25)16-28-29-17(32-16)11-2-3-14(27-8-11)18(20,21)22/h2-3,8,12-13H,1,4-7,9H2,(H,26,30)/t12-,13+. The molecule has 1 fully saturated rings. The van der Waals surface area contributed by atoms with E-state index in [9.17, 15) is 31.1 Å². The van der Waals surface area contributed by atoms with Gasteiger partial charge in [-0.1, -0.05) is 6.58 Å². The number of nitrogens with one attached hydrogen (secondary N) is 1. The van der Waals surface area contributed by atoms with Gasteiger partial charge < -0.3 is 14.5 Å². The van der Waals surface area contributed by atoms with Crippen LogP contribution in [0.25, 0.3) is 17.0 Å². The zero-order chi connectivity index (χ0) is 24.2. The van der Waals surface area contributed by atoms with Crippen molar-refractivity contribution in [2.45, 2.75) is 44.0 Å². The maximum atomic E-state index is 12.6. The van der Waals surface area contributed by atoms with E-state index in [-0.39, 0.29) is 49.8 Å². The van der Waals surface area contributed by atoms with Gasteiger partial charge in [0.1, 0.15) is 12.3 Å². The van der Waals surface area contributed by atoms with Gasteiger partial charge in [0.25, 0.3) is 0 Å². The van der Waals surface area contributed by atoms with E-state index in [0.717, 1.165) is 18.3 Å². The first-order valence-corrected chi connectivity index (χ1v) is 9.59. The zero-order valence-electron chi connectivity index (χ0n) is 16.9. The fraction of sp³-hybridized carbons (Fsp3) is 0.474. The lowest BCUT2D eigenvalue weighted by atomic mass is 9.92. The Morgan fingerprint density at radius 1 is 1.15 bits per heavy atom. The lowest BCUT2D eigenvalue weighted by molar-refractivity contribution is -0.357. The number of hydrogen-bond donors (Lipinski definition) is 1. The number of carbonyl (C=O) groups excluding carboxylic acids is 1. The third-order valence-corrected chi connectivity index (χ3v) is 4.58. The number of amides is 1. The minimum absolute atomic E-state index is 0.0422. The molecule has 0 bridgehead atoms. The Bertz CT molecular complexity index is 968. The van der Waals surface area contributed by atoms with E-state index in [1.54, 1.807) is 0 Å². The van der Waals surface area contributed by atoms with Gasteiger partial charge in [-0.05, 0) is 18.6 Å². The van der Waals surface area contributed by atoms with Crippen molar-refractivity contribution in [3.8, 4) is 11.5 Å². The predicted molar refractivity (Wildman–Crippen MR) is 99.1 cm³/mol.